The largest absolute Gasteiger partial charge is 0.478 e. The second kappa shape index (κ2) is 7.55. The maximum absolute atomic E-state index is 10.3. The van der Waals surface area contributed by atoms with E-state index in [1.807, 2.05) is 30.3 Å². The molecule has 1 heterocycles. The van der Waals surface area contributed by atoms with E-state index in [0.29, 0.717) is 12.0 Å². The minimum atomic E-state index is -0.963. The van der Waals surface area contributed by atoms with Gasteiger partial charge in [-0.1, -0.05) is 36.4 Å². The predicted molar refractivity (Wildman–Crippen MR) is 84.0 cm³/mol. The van der Waals surface area contributed by atoms with E-state index in [0.717, 1.165) is 22.9 Å². The van der Waals surface area contributed by atoms with Crippen LogP contribution in [0.3, 0.4) is 0 Å². The van der Waals surface area contributed by atoms with Gasteiger partial charge in [-0.25, -0.2) is 4.79 Å². The Morgan fingerprint density at radius 1 is 1.14 bits per heavy atom. The van der Waals surface area contributed by atoms with Crippen LogP contribution in [0.2, 0.25) is 0 Å². The number of benzene rings is 1. The number of nitriles is 1. The first kappa shape index (κ1) is 15.2. The molecule has 0 aliphatic heterocycles. The van der Waals surface area contributed by atoms with E-state index in [9.17, 15) is 4.79 Å². The van der Waals surface area contributed by atoms with Crippen molar-refractivity contribution in [2.75, 3.05) is 0 Å². The van der Waals surface area contributed by atoms with Crippen molar-refractivity contribution in [3.8, 4) is 17.2 Å². The molecule has 0 spiro atoms. The third kappa shape index (κ3) is 4.43. The molecule has 1 aromatic carbocycles. The predicted octanol–water partition coefficient (Wildman–Crippen LogP) is 3.36. The van der Waals surface area contributed by atoms with Crippen molar-refractivity contribution in [2.45, 2.75) is 6.42 Å². The number of carboxylic acid groups (broad SMARTS) is 1. The highest BCUT2D eigenvalue weighted by molar-refractivity contribution is 5.80. The maximum atomic E-state index is 10.3. The number of pyridine rings is 1. The molecule has 108 valence electrons. The lowest BCUT2D eigenvalue weighted by atomic mass is 10.1. The Balaban J connectivity index is 2.00. The Bertz CT molecular complexity index is 736. The van der Waals surface area contributed by atoms with Crippen LogP contribution in [-0.4, -0.2) is 16.1 Å². The van der Waals surface area contributed by atoms with Crippen LogP contribution < -0.4 is 0 Å². The number of hydrogen-bond donors (Lipinski definition) is 1. The Kier molecular flexibility index (Phi) is 5.22. The molecule has 0 aliphatic rings. The fourth-order valence-electron chi connectivity index (χ4n) is 1.86. The summed E-state index contributed by atoms with van der Waals surface area (Å²) in [4.78, 5) is 14.7. The molecule has 0 amide bonds. The van der Waals surface area contributed by atoms with Crippen LogP contribution in [0.5, 0.6) is 0 Å². The molecule has 2 aromatic rings. The third-order valence-electron chi connectivity index (χ3n) is 2.99. The first-order chi connectivity index (χ1) is 10.7. The monoisotopic (exact) mass is 290 g/mol. The third-order valence-corrected chi connectivity index (χ3v) is 2.99. The Labute approximate surface area is 128 Å². The lowest BCUT2D eigenvalue weighted by Gasteiger charge is -2.02. The van der Waals surface area contributed by atoms with Gasteiger partial charge in [-0.2, -0.15) is 5.26 Å². The van der Waals surface area contributed by atoms with E-state index in [4.69, 9.17) is 10.4 Å². The molecule has 0 fully saturated rings. The molecule has 0 saturated heterocycles. The molecular weight excluding hydrogens is 276 g/mol. The number of aliphatic carboxylic acids is 1. The van der Waals surface area contributed by atoms with Crippen LogP contribution in [0, 0.1) is 11.3 Å². The van der Waals surface area contributed by atoms with Gasteiger partial charge in [0, 0.05) is 30.0 Å². The molecule has 0 saturated carbocycles. The maximum Gasteiger partial charge on any atom is 0.328 e. The topological polar surface area (TPSA) is 74.0 Å². The highest BCUT2D eigenvalue weighted by Gasteiger charge is 1.99. The quantitative estimate of drug-likeness (QED) is 0.677. The minimum absolute atomic E-state index is 0.632. The summed E-state index contributed by atoms with van der Waals surface area (Å²) in [6, 6.07) is 13.3. The van der Waals surface area contributed by atoms with Crippen LogP contribution in [0.1, 0.15) is 11.3 Å². The van der Waals surface area contributed by atoms with Crippen LogP contribution >= 0.6 is 0 Å². The molecule has 1 N–H and O–H groups in total. The highest BCUT2D eigenvalue weighted by atomic mass is 16.4. The van der Waals surface area contributed by atoms with Gasteiger partial charge < -0.3 is 5.11 Å². The number of rotatable bonds is 5. The summed E-state index contributed by atoms with van der Waals surface area (Å²) in [5.74, 6) is -0.963. The zero-order valence-corrected chi connectivity index (χ0v) is 11.8. The van der Waals surface area contributed by atoms with Crippen LogP contribution in [0.25, 0.3) is 11.1 Å². The molecule has 1 aromatic heterocycles. The summed E-state index contributed by atoms with van der Waals surface area (Å²) < 4.78 is 0. The summed E-state index contributed by atoms with van der Waals surface area (Å²) in [6.07, 6.45) is 8.52. The normalized spacial score (nSPS) is 10.9. The van der Waals surface area contributed by atoms with E-state index in [-0.39, 0.29) is 0 Å². The number of carbonyl (C=O) groups is 1. The Hall–Kier alpha value is -3.19. The molecule has 2 rings (SSSR count). The van der Waals surface area contributed by atoms with Gasteiger partial charge in [-0.15, -0.1) is 0 Å². The van der Waals surface area contributed by atoms with Gasteiger partial charge in [-0.3, -0.25) is 4.98 Å². The number of carboxylic acids is 1. The van der Waals surface area contributed by atoms with Crippen molar-refractivity contribution >= 4 is 5.97 Å². The number of nitrogens with zero attached hydrogens (tertiary/aromatic N) is 2. The van der Waals surface area contributed by atoms with Crippen molar-refractivity contribution in [3.63, 3.8) is 0 Å². The van der Waals surface area contributed by atoms with Gasteiger partial charge in [0.15, 0.2) is 0 Å². The van der Waals surface area contributed by atoms with Crippen LogP contribution in [-0.2, 0) is 11.2 Å². The van der Waals surface area contributed by atoms with Gasteiger partial charge in [0.2, 0.25) is 0 Å². The summed E-state index contributed by atoms with van der Waals surface area (Å²) in [6.45, 7) is 0. The second-order valence-corrected chi connectivity index (χ2v) is 4.56. The summed E-state index contributed by atoms with van der Waals surface area (Å²) in [7, 11) is 0. The second-order valence-electron chi connectivity index (χ2n) is 4.56. The molecule has 0 atom stereocenters. The van der Waals surface area contributed by atoms with Crippen molar-refractivity contribution in [1.29, 1.82) is 5.26 Å². The van der Waals surface area contributed by atoms with Gasteiger partial charge in [0.05, 0.1) is 11.6 Å². The van der Waals surface area contributed by atoms with Gasteiger partial charge in [0.25, 0.3) is 0 Å². The zero-order chi connectivity index (χ0) is 15.8. The molecule has 0 bridgehead atoms. The van der Waals surface area contributed by atoms with E-state index in [2.05, 4.69) is 11.1 Å². The number of allylic oxidation sites excluding steroid dienone is 3. The number of aromatic nitrogens is 1. The molecule has 0 unspecified atom stereocenters. The summed E-state index contributed by atoms with van der Waals surface area (Å²) >= 11 is 0. The molecule has 0 radical (unpaired) electrons. The van der Waals surface area contributed by atoms with E-state index < -0.39 is 5.97 Å². The van der Waals surface area contributed by atoms with Crippen molar-refractivity contribution in [3.05, 3.63) is 78.2 Å². The standard InChI is InChI=1S/C18H14N2O2/c19-12-14-6-8-15(9-7-14)16-10-11-17(20-13-16)4-2-1-3-5-18(21)22/h1-3,5-11,13H,4H2,(H,21,22)/b2-1+,5-3+. The SMILES string of the molecule is N#Cc1ccc(-c2ccc(C/C=C/C=C/C(=O)O)nc2)cc1. The van der Waals surface area contributed by atoms with Gasteiger partial charge in [-0.05, 0) is 23.8 Å². The molecule has 4 heteroatoms. The van der Waals surface area contributed by atoms with Gasteiger partial charge in [0.1, 0.15) is 0 Å². The first-order valence-electron chi connectivity index (χ1n) is 6.70. The highest BCUT2D eigenvalue weighted by Crippen LogP contribution is 2.19. The summed E-state index contributed by atoms with van der Waals surface area (Å²) in [5.41, 5.74) is 3.53. The minimum Gasteiger partial charge on any atom is -0.478 e. The molecular formula is C18H14N2O2. The average molecular weight is 290 g/mol. The fourth-order valence-corrected chi connectivity index (χ4v) is 1.86. The number of hydrogen-bond acceptors (Lipinski definition) is 3. The van der Waals surface area contributed by atoms with E-state index in [1.54, 1.807) is 24.4 Å². The lowest BCUT2D eigenvalue weighted by molar-refractivity contribution is -0.131. The smallest absolute Gasteiger partial charge is 0.328 e. The van der Waals surface area contributed by atoms with Crippen LogP contribution in [0.4, 0.5) is 0 Å². The molecule has 0 aliphatic carbocycles. The van der Waals surface area contributed by atoms with Crippen LogP contribution in [0.15, 0.2) is 66.9 Å². The first-order valence-corrected chi connectivity index (χ1v) is 6.70. The van der Waals surface area contributed by atoms with E-state index in [1.165, 1.54) is 6.08 Å². The molecule has 4 nitrogen and oxygen atoms in total. The fraction of sp³-hybridized carbons (Fsp3) is 0.0556. The van der Waals surface area contributed by atoms with Crippen molar-refractivity contribution < 1.29 is 9.90 Å². The average Bonchev–Trinajstić information content (AvgIpc) is 2.55. The Morgan fingerprint density at radius 3 is 2.45 bits per heavy atom. The Morgan fingerprint density at radius 2 is 1.86 bits per heavy atom. The summed E-state index contributed by atoms with van der Waals surface area (Å²) in [5, 5.41) is 17.2. The van der Waals surface area contributed by atoms with E-state index >= 15 is 0 Å². The van der Waals surface area contributed by atoms with Gasteiger partial charge >= 0.3 is 5.97 Å². The molecule has 22 heavy (non-hydrogen) atoms. The lowest BCUT2D eigenvalue weighted by Crippen LogP contribution is -1.88. The van der Waals surface area contributed by atoms with Crippen molar-refractivity contribution in [2.24, 2.45) is 0 Å². The zero-order valence-electron chi connectivity index (χ0n) is 11.8. The van der Waals surface area contributed by atoms with Crippen molar-refractivity contribution in [1.82, 2.24) is 4.98 Å².